The molecule has 2 aromatic heterocycles. The van der Waals surface area contributed by atoms with E-state index in [1.807, 2.05) is 10.6 Å². The lowest BCUT2D eigenvalue weighted by atomic mass is 9.61. The van der Waals surface area contributed by atoms with Crippen LogP contribution in [0.2, 0.25) is 0 Å². The van der Waals surface area contributed by atoms with Crippen LogP contribution in [0.25, 0.3) is 11.0 Å². The lowest BCUT2D eigenvalue weighted by molar-refractivity contribution is -0.0170. The Morgan fingerprint density at radius 3 is 2.63 bits per heavy atom. The Kier molecular flexibility index (Phi) is 3.77. The minimum atomic E-state index is -3.08. The van der Waals surface area contributed by atoms with Crippen LogP contribution in [0.15, 0.2) is 23.1 Å². The summed E-state index contributed by atoms with van der Waals surface area (Å²) in [5, 5.41) is 4.31. The van der Waals surface area contributed by atoms with E-state index in [9.17, 15) is 13.2 Å². The molecule has 6 rings (SSSR count). The highest BCUT2D eigenvalue weighted by Gasteiger charge is 2.55. The molecule has 1 atom stereocenters. The lowest BCUT2D eigenvalue weighted by Gasteiger charge is -2.58. The van der Waals surface area contributed by atoms with Gasteiger partial charge in [-0.25, -0.2) is 17.7 Å². The zero-order valence-electron chi connectivity index (χ0n) is 17.2. The third-order valence-corrected chi connectivity index (χ3v) is 9.11. The molecule has 0 aromatic carbocycles. The van der Waals surface area contributed by atoms with Gasteiger partial charge in [0.25, 0.3) is 5.56 Å². The average Bonchev–Trinajstić information content (AvgIpc) is 3.28. The third kappa shape index (κ3) is 2.81. The number of rotatable bonds is 4. The van der Waals surface area contributed by atoms with Gasteiger partial charge in [-0.15, -0.1) is 0 Å². The Labute approximate surface area is 175 Å². The number of nitrogens with one attached hydrogen (secondary N) is 1. The van der Waals surface area contributed by atoms with Crippen molar-refractivity contribution in [1.29, 1.82) is 0 Å². The van der Waals surface area contributed by atoms with Crippen molar-refractivity contribution in [1.82, 2.24) is 18.8 Å². The largest absolute Gasteiger partial charge is 0.351 e. The fourth-order valence-corrected chi connectivity index (χ4v) is 7.16. The predicted molar refractivity (Wildman–Crippen MR) is 114 cm³/mol. The van der Waals surface area contributed by atoms with Gasteiger partial charge in [0.15, 0.2) is 0 Å². The Morgan fingerprint density at radius 1 is 1.17 bits per heavy atom. The van der Waals surface area contributed by atoms with Crippen molar-refractivity contribution in [2.24, 2.45) is 10.8 Å². The maximum absolute atomic E-state index is 12.8. The van der Waals surface area contributed by atoms with E-state index in [1.54, 1.807) is 16.6 Å². The second-order valence-corrected chi connectivity index (χ2v) is 12.0. The van der Waals surface area contributed by atoms with Gasteiger partial charge in [-0.05, 0) is 50.0 Å². The van der Waals surface area contributed by atoms with Gasteiger partial charge in [0, 0.05) is 48.2 Å². The summed E-state index contributed by atoms with van der Waals surface area (Å²) in [6.07, 6.45) is 10.8. The maximum atomic E-state index is 12.8. The first-order chi connectivity index (χ1) is 14.3. The van der Waals surface area contributed by atoms with E-state index in [-0.39, 0.29) is 23.1 Å². The summed E-state index contributed by atoms with van der Waals surface area (Å²) in [5.74, 6) is 0.559. The summed E-state index contributed by atoms with van der Waals surface area (Å²) in [6.45, 7) is 1.23. The molecule has 2 aromatic rings. The van der Waals surface area contributed by atoms with E-state index in [0.29, 0.717) is 24.5 Å². The number of hydrogen-bond donors (Lipinski definition) is 1. The van der Waals surface area contributed by atoms with Crippen LogP contribution in [-0.4, -0.2) is 52.6 Å². The van der Waals surface area contributed by atoms with E-state index in [0.717, 1.165) is 30.3 Å². The quantitative estimate of drug-likeness (QED) is 0.800. The lowest BCUT2D eigenvalue weighted by Crippen LogP contribution is -2.65. The minimum Gasteiger partial charge on any atom is -0.351 e. The zero-order chi connectivity index (χ0) is 20.7. The molecule has 0 unspecified atom stereocenters. The molecule has 3 saturated carbocycles. The van der Waals surface area contributed by atoms with E-state index in [4.69, 9.17) is 4.98 Å². The third-order valence-electron chi connectivity index (χ3n) is 7.91. The second kappa shape index (κ2) is 6.03. The van der Waals surface area contributed by atoms with Gasteiger partial charge in [-0.2, -0.15) is 4.98 Å². The maximum Gasteiger partial charge on any atom is 0.252 e. The topological polar surface area (TPSA) is 97.2 Å². The van der Waals surface area contributed by atoms with Crippen molar-refractivity contribution >= 4 is 27.0 Å². The van der Waals surface area contributed by atoms with E-state index >= 15 is 0 Å². The molecule has 0 bridgehead atoms. The highest BCUT2D eigenvalue weighted by atomic mass is 32.2. The smallest absolute Gasteiger partial charge is 0.252 e. The second-order valence-electron chi connectivity index (χ2n) is 10.1. The molecule has 4 aliphatic rings. The summed E-state index contributed by atoms with van der Waals surface area (Å²) >= 11 is 0. The molecule has 8 nitrogen and oxygen atoms in total. The number of nitrogens with zero attached hydrogens (tertiary/aromatic N) is 4. The number of pyridine rings is 1. The summed E-state index contributed by atoms with van der Waals surface area (Å²) < 4.78 is 26.7. The van der Waals surface area contributed by atoms with Gasteiger partial charge >= 0.3 is 0 Å². The SMILES string of the molecule is CS(=O)(=O)N1CC2(CC(Nc3ncc4ccc(=O)n([C@H]5CCCC56CC6)c4n3)C2)C1. The van der Waals surface area contributed by atoms with Gasteiger partial charge in [0.1, 0.15) is 5.65 Å². The Balaban J connectivity index is 1.23. The first-order valence-electron chi connectivity index (χ1n) is 10.9. The summed E-state index contributed by atoms with van der Waals surface area (Å²) in [7, 11) is -3.08. The molecule has 30 heavy (non-hydrogen) atoms. The molecule has 0 radical (unpaired) electrons. The highest BCUT2D eigenvalue weighted by molar-refractivity contribution is 7.88. The Morgan fingerprint density at radius 2 is 1.93 bits per heavy atom. The fraction of sp³-hybridized carbons (Fsp3) is 0.667. The summed E-state index contributed by atoms with van der Waals surface area (Å²) in [5.41, 5.74) is 1.19. The van der Waals surface area contributed by atoms with E-state index in [2.05, 4.69) is 10.3 Å². The standard InChI is InChI=1S/C21H27N5O3S/c1-30(28,29)25-12-20(13-25)9-15(10-20)23-19-22-11-14-4-5-17(27)26(18(14)24-19)16-3-2-6-21(16)7-8-21/h4-5,11,15-16H,2-3,6-10,12-13H2,1H3,(H,22,23,24)/t16-/m0/s1. The van der Waals surface area contributed by atoms with Crippen LogP contribution in [-0.2, 0) is 10.0 Å². The number of sulfonamides is 1. The summed E-state index contributed by atoms with van der Waals surface area (Å²) in [4.78, 5) is 22.1. The van der Waals surface area contributed by atoms with Crippen LogP contribution in [0.3, 0.4) is 0 Å². The van der Waals surface area contributed by atoms with Crippen molar-refractivity contribution in [2.75, 3.05) is 24.7 Å². The number of anilines is 1. The van der Waals surface area contributed by atoms with E-state index < -0.39 is 10.0 Å². The Hall–Kier alpha value is -2.00. The molecule has 4 fully saturated rings. The molecule has 3 aliphatic carbocycles. The molecule has 0 amide bonds. The van der Waals surface area contributed by atoms with Crippen LogP contribution in [0.4, 0.5) is 5.95 Å². The van der Waals surface area contributed by atoms with Crippen LogP contribution in [0.1, 0.15) is 51.0 Å². The molecule has 3 heterocycles. The van der Waals surface area contributed by atoms with Gasteiger partial charge in [0.05, 0.1) is 6.26 Å². The first-order valence-corrected chi connectivity index (χ1v) is 12.7. The predicted octanol–water partition coefficient (Wildman–Crippen LogP) is 2.13. The molecular weight excluding hydrogens is 402 g/mol. The molecule has 160 valence electrons. The zero-order valence-corrected chi connectivity index (χ0v) is 18.0. The average molecular weight is 430 g/mol. The van der Waals surface area contributed by atoms with Gasteiger partial charge < -0.3 is 5.32 Å². The van der Waals surface area contributed by atoms with Crippen molar-refractivity contribution in [3.05, 3.63) is 28.7 Å². The van der Waals surface area contributed by atoms with Crippen molar-refractivity contribution in [2.45, 2.75) is 57.0 Å². The number of hydrogen-bond acceptors (Lipinski definition) is 6. The van der Waals surface area contributed by atoms with Gasteiger partial charge in [0.2, 0.25) is 16.0 Å². The molecule has 9 heteroatoms. The number of fused-ring (bicyclic) bond motifs is 1. The molecule has 1 saturated heterocycles. The van der Waals surface area contributed by atoms with Crippen LogP contribution < -0.4 is 10.9 Å². The normalized spacial score (nSPS) is 27.3. The minimum absolute atomic E-state index is 0.0308. The van der Waals surface area contributed by atoms with E-state index in [1.165, 1.54) is 31.9 Å². The molecule has 1 N–H and O–H groups in total. The number of aromatic nitrogens is 3. The fourth-order valence-electron chi connectivity index (χ4n) is 6.14. The van der Waals surface area contributed by atoms with Crippen molar-refractivity contribution in [3.63, 3.8) is 0 Å². The van der Waals surface area contributed by atoms with Gasteiger partial charge in [-0.1, -0.05) is 6.42 Å². The molecule has 2 spiro atoms. The molecule has 1 aliphatic heterocycles. The molecular formula is C21H27N5O3S. The van der Waals surface area contributed by atoms with Gasteiger partial charge in [-0.3, -0.25) is 9.36 Å². The summed E-state index contributed by atoms with van der Waals surface area (Å²) in [6, 6.07) is 3.96. The van der Waals surface area contributed by atoms with Crippen molar-refractivity contribution < 1.29 is 8.42 Å². The Bertz CT molecular complexity index is 1190. The highest BCUT2D eigenvalue weighted by Crippen LogP contribution is 2.63. The van der Waals surface area contributed by atoms with Crippen molar-refractivity contribution in [3.8, 4) is 0 Å². The van der Waals surface area contributed by atoms with Crippen LogP contribution >= 0.6 is 0 Å². The van der Waals surface area contributed by atoms with Crippen LogP contribution in [0, 0.1) is 10.8 Å². The van der Waals surface area contributed by atoms with Crippen LogP contribution in [0.5, 0.6) is 0 Å². The monoisotopic (exact) mass is 429 g/mol. The first kappa shape index (κ1) is 18.7.